The van der Waals surface area contributed by atoms with E-state index in [1.54, 1.807) is 17.0 Å². The summed E-state index contributed by atoms with van der Waals surface area (Å²) in [5, 5.41) is 0. The highest BCUT2D eigenvalue weighted by molar-refractivity contribution is 7.87. The number of halogens is 2. The molecule has 4 rings (SSSR count). The van der Waals surface area contributed by atoms with E-state index in [4.69, 9.17) is 4.74 Å². The van der Waals surface area contributed by atoms with E-state index >= 15 is 0 Å². The van der Waals surface area contributed by atoms with Crippen molar-refractivity contribution >= 4 is 16.1 Å². The molecule has 7 nitrogen and oxygen atoms in total. The van der Waals surface area contributed by atoms with Gasteiger partial charge in [0.05, 0.1) is 12.7 Å². The van der Waals surface area contributed by atoms with Gasteiger partial charge in [-0.1, -0.05) is 12.1 Å². The summed E-state index contributed by atoms with van der Waals surface area (Å²) in [5.41, 5.74) is 1.02. The van der Waals surface area contributed by atoms with Crippen molar-refractivity contribution in [3.05, 3.63) is 35.6 Å². The smallest absolute Gasteiger partial charge is 0.279 e. The molecule has 1 saturated heterocycles. The van der Waals surface area contributed by atoms with Crippen molar-refractivity contribution in [3.63, 3.8) is 0 Å². The van der Waals surface area contributed by atoms with E-state index in [0.29, 0.717) is 32.0 Å². The molecule has 2 unspecified atom stereocenters. The number of nitrogens with one attached hydrogen (secondary N) is 1. The van der Waals surface area contributed by atoms with E-state index < -0.39 is 16.4 Å². The Bertz CT molecular complexity index is 979. The standard InChI is InChI=1S/C25H37F2N3O4S/c1-29(2)35(32,33)28-24-10-11-30(25(31)19-13-22(27)14-19)15-20(24)16-34-23-8-6-17(7-9-23)18-4-3-5-21(26)12-18/h3-5,12,17,19-20,22-24,28H,6-11,13-16H2,1-2H3/t17-,19-,20?,22+,23+,24?. The number of ether oxygens (including phenoxy) is 1. The van der Waals surface area contributed by atoms with Gasteiger partial charge in [0.2, 0.25) is 5.91 Å². The molecule has 3 fully saturated rings. The van der Waals surface area contributed by atoms with Gasteiger partial charge in [0.15, 0.2) is 0 Å². The molecular weight excluding hydrogens is 476 g/mol. The molecule has 35 heavy (non-hydrogen) atoms. The highest BCUT2D eigenvalue weighted by Gasteiger charge is 2.41. The summed E-state index contributed by atoms with van der Waals surface area (Å²) in [5.74, 6) is -0.389. The lowest BCUT2D eigenvalue weighted by Gasteiger charge is -2.42. The monoisotopic (exact) mass is 513 g/mol. The molecule has 3 aliphatic rings. The van der Waals surface area contributed by atoms with Gasteiger partial charge in [-0.25, -0.2) is 8.78 Å². The quantitative estimate of drug-likeness (QED) is 0.579. The van der Waals surface area contributed by atoms with Crippen molar-refractivity contribution in [1.82, 2.24) is 13.9 Å². The van der Waals surface area contributed by atoms with E-state index in [1.165, 1.54) is 20.2 Å². The lowest BCUT2D eigenvalue weighted by molar-refractivity contribution is -0.143. The summed E-state index contributed by atoms with van der Waals surface area (Å²) < 4.78 is 62.0. The van der Waals surface area contributed by atoms with E-state index in [-0.39, 0.29) is 48.5 Å². The molecule has 10 heteroatoms. The number of nitrogens with zero attached hydrogens (tertiary/aromatic N) is 2. The van der Waals surface area contributed by atoms with Gasteiger partial charge in [-0.05, 0) is 68.6 Å². The Labute approximate surface area is 207 Å². The first-order valence-electron chi connectivity index (χ1n) is 12.6. The molecule has 196 valence electrons. The lowest BCUT2D eigenvalue weighted by Crippen LogP contribution is -2.57. The zero-order valence-corrected chi connectivity index (χ0v) is 21.4. The molecule has 0 aromatic heterocycles. The largest absolute Gasteiger partial charge is 0.378 e. The van der Waals surface area contributed by atoms with Gasteiger partial charge < -0.3 is 9.64 Å². The van der Waals surface area contributed by atoms with Crippen LogP contribution in [0.3, 0.4) is 0 Å². The maximum atomic E-state index is 13.6. The fourth-order valence-electron chi connectivity index (χ4n) is 5.44. The Balaban J connectivity index is 1.34. The van der Waals surface area contributed by atoms with E-state index in [0.717, 1.165) is 35.6 Å². The number of alkyl halides is 1. The number of hydrogen-bond acceptors (Lipinski definition) is 4. The zero-order chi connectivity index (χ0) is 25.2. The Hall–Kier alpha value is -1.62. The lowest BCUT2D eigenvalue weighted by atomic mass is 9.81. The molecule has 0 bridgehead atoms. The predicted octanol–water partition coefficient (Wildman–Crippen LogP) is 3.23. The normalized spacial score (nSPS) is 31.9. The van der Waals surface area contributed by atoms with Crippen LogP contribution in [0.2, 0.25) is 0 Å². The average molecular weight is 514 g/mol. The highest BCUT2D eigenvalue weighted by atomic mass is 32.2. The van der Waals surface area contributed by atoms with Crippen molar-refractivity contribution in [2.75, 3.05) is 33.8 Å². The molecule has 0 radical (unpaired) electrons. The molecule has 1 aromatic carbocycles. The van der Waals surface area contributed by atoms with Gasteiger partial charge in [0.25, 0.3) is 10.2 Å². The number of likely N-dealkylation sites (tertiary alicyclic amines) is 1. The van der Waals surface area contributed by atoms with Gasteiger partial charge in [0, 0.05) is 45.1 Å². The van der Waals surface area contributed by atoms with Crippen molar-refractivity contribution in [2.24, 2.45) is 11.8 Å². The molecule has 2 aliphatic carbocycles. The summed E-state index contributed by atoms with van der Waals surface area (Å²) in [7, 11) is -0.667. The number of hydrogen-bond donors (Lipinski definition) is 1. The van der Waals surface area contributed by atoms with Gasteiger partial charge in [-0.2, -0.15) is 17.4 Å². The van der Waals surface area contributed by atoms with Gasteiger partial charge in [-0.15, -0.1) is 0 Å². The number of amides is 1. The van der Waals surface area contributed by atoms with Crippen LogP contribution in [0.25, 0.3) is 0 Å². The van der Waals surface area contributed by atoms with Crippen LogP contribution in [0.15, 0.2) is 24.3 Å². The number of carbonyl (C=O) groups is 1. The van der Waals surface area contributed by atoms with Crippen LogP contribution in [0.5, 0.6) is 0 Å². The third-order valence-electron chi connectivity index (χ3n) is 7.80. The van der Waals surface area contributed by atoms with E-state index in [1.807, 2.05) is 6.07 Å². The SMILES string of the molecule is CN(C)S(=O)(=O)NC1CCN(C(=O)[C@H]2C[C@@H](F)C2)CC1CO[C@H]1CC[C@@H](c2cccc(F)c2)CC1. The molecule has 1 aromatic rings. The van der Waals surface area contributed by atoms with Crippen LogP contribution in [-0.4, -0.2) is 75.6 Å². The number of piperidine rings is 1. The Morgan fingerprint density at radius 3 is 2.51 bits per heavy atom. The minimum absolute atomic E-state index is 0.0339. The molecule has 0 spiro atoms. The van der Waals surface area contributed by atoms with Crippen molar-refractivity contribution < 1.29 is 26.7 Å². The summed E-state index contributed by atoms with van der Waals surface area (Å²) in [6.45, 7) is 1.18. The maximum Gasteiger partial charge on any atom is 0.279 e. The Morgan fingerprint density at radius 2 is 1.89 bits per heavy atom. The summed E-state index contributed by atoms with van der Waals surface area (Å²) in [6, 6.07) is 6.43. The minimum atomic E-state index is -3.63. The molecule has 1 aliphatic heterocycles. The molecular formula is C25H37F2N3O4S. The van der Waals surface area contributed by atoms with Crippen LogP contribution in [0.1, 0.15) is 56.4 Å². The summed E-state index contributed by atoms with van der Waals surface area (Å²) in [6.07, 6.45) is 3.73. The predicted molar refractivity (Wildman–Crippen MR) is 129 cm³/mol. The van der Waals surface area contributed by atoms with Crippen LogP contribution in [0.4, 0.5) is 8.78 Å². The van der Waals surface area contributed by atoms with E-state index in [9.17, 15) is 22.0 Å². The third-order valence-corrected chi connectivity index (χ3v) is 9.36. The van der Waals surface area contributed by atoms with Gasteiger partial charge in [-0.3, -0.25) is 4.79 Å². The van der Waals surface area contributed by atoms with Crippen molar-refractivity contribution in [3.8, 4) is 0 Å². The number of carbonyl (C=O) groups excluding carboxylic acids is 1. The number of rotatable bonds is 8. The second-order valence-electron chi connectivity index (χ2n) is 10.5. The fourth-order valence-corrected chi connectivity index (χ4v) is 6.35. The van der Waals surface area contributed by atoms with Crippen LogP contribution >= 0.6 is 0 Å². The fraction of sp³-hybridized carbons (Fsp3) is 0.720. The Morgan fingerprint density at radius 1 is 1.17 bits per heavy atom. The van der Waals surface area contributed by atoms with Crippen LogP contribution in [0, 0.1) is 17.7 Å². The molecule has 1 heterocycles. The minimum Gasteiger partial charge on any atom is -0.378 e. The van der Waals surface area contributed by atoms with E-state index in [2.05, 4.69) is 4.72 Å². The topological polar surface area (TPSA) is 79.0 Å². The summed E-state index contributed by atoms with van der Waals surface area (Å²) >= 11 is 0. The first-order valence-corrected chi connectivity index (χ1v) is 14.1. The summed E-state index contributed by atoms with van der Waals surface area (Å²) in [4.78, 5) is 14.6. The van der Waals surface area contributed by atoms with Crippen LogP contribution < -0.4 is 4.72 Å². The second kappa shape index (κ2) is 11.2. The Kier molecular flexibility index (Phi) is 8.45. The van der Waals surface area contributed by atoms with Crippen molar-refractivity contribution in [1.29, 1.82) is 0 Å². The molecule has 1 amide bonds. The van der Waals surface area contributed by atoms with Gasteiger partial charge in [0.1, 0.15) is 12.0 Å². The highest BCUT2D eigenvalue weighted by Crippen LogP contribution is 2.35. The van der Waals surface area contributed by atoms with Crippen molar-refractivity contribution in [2.45, 2.75) is 69.2 Å². The molecule has 1 N–H and O–H groups in total. The molecule has 2 atom stereocenters. The average Bonchev–Trinajstić information content (AvgIpc) is 2.81. The maximum absolute atomic E-state index is 13.6. The molecule has 2 saturated carbocycles. The second-order valence-corrected chi connectivity index (χ2v) is 12.4. The first-order chi connectivity index (χ1) is 16.6. The van der Waals surface area contributed by atoms with Crippen LogP contribution in [-0.2, 0) is 19.7 Å². The first kappa shape index (κ1) is 26.4. The zero-order valence-electron chi connectivity index (χ0n) is 20.5. The van der Waals surface area contributed by atoms with Gasteiger partial charge >= 0.3 is 0 Å². The number of benzene rings is 1. The third kappa shape index (κ3) is 6.58.